The average molecular weight is 329 g/mol. The second kappa shape index (κ2) is 5.54. The minimum absolute atomic E-state index is 0.143. The summed E-state index contributed by atoms with van der Waals surface area (Å²) in [5, 5.41) is 0.523. The molecule has 2 saturated heterocycles. The van der Waals surface area contributed by atoms with E-state index < -0.39 is 9.84 Å². The lowest BCUT2D eigenvalue weighted by Gasteiger charge is -2.25. The smallest absolute Gasteiger partial charge is 0.156 e. The third kappa shape index (κ3) is 2.97. The highest BCUT2D eigenvalue weighted by Crippen LogP contribution is 2.36. The summed E-state index contributed by atoms with van der Waals surface area (Å²) in [7, 11) is 0.988. The lowest BCUT2D eigenvalue weighted by molar-refractivity contribution is 0.229. The zero-order valence-electron chi connectivity index (χ0n) is 12.4. The van der Waals surface area contributed by atoms with E-state index in [0.717, 1.165) is 23.7 Å². The zero-order chi connectivity index (χ0) is 15.2. The molecule has 3 rings (SSSR count). The van der Waals surface area contributed by atoms with Gasteiger partial charge in [-0.2, -0.15) is 0 Å². The fraction of sp³-hybridized carbons (Fsp3) is 0.600. The highest BCUT2D eigenvalue weighted by atomic mass is 35.5. The first-order valence-electron chi connectivity index (χ1n) is 7.21. The van der Waals surface area contributed by atoms with Gasteiger partial charge in [-0.15, -0.1) is 0 Å². The molecule has 0 bridgehead atoms. The molecule has 2 heterocycles. The van der Waals surface area contributed by atoms with Gasteiger partial charge in [-0.1, -0.05) is 23.7 Å². The van der Waals surface area contributed by atoms with E-state index in [2.05, 4.69) is 9.80 Å². The minimum atomic E-state index is -2.96. The lowest BCUT2D eigenvalue weighted by atomic mass is 10.00. The quantitative estimate of drug-likeness (QED) is 0.843. The van der Waals surface area contributed by atoms with Crippen LogP contribution in [0.2, 0.25) is 5.02 Å². The molecule has 0 aromatic heterocycles. The molecule has 1 aromatic carbocycles. The molecular weight excluding hydrogens is 308 g/mol. The molecule has 0 amide bonds. The van der Waals surface area contributed by atoms with E-state index >= 15 is 0 Å². The summed E-state index contributed by atoms with van der Waals surface area (Å²) < 4.78 is 24.7. The molecule has 0 radical (unpaired) electrons. The number of benzene rings is 1. The van der Waals surface area contributed by atoms with Crippen molar-refractivity contribution in [3.63, 3.8) is 0 Å². The van der Waals surface area contributed by atoms with Crippen LogP contribution in [0, 0.1) is 5.92 Å². The molecule has 116 valence electrons. The minimum Gasteiger partial charge on any atom is -0.305 e. The van der Waals surface area contributed by atoms with Crippen molar-refractivity contribution in [3.05, 3.63) is 34.9 Å². The number of rotatable bonds is 3. The Morgan fingerprint density at radius 2 is 2.10 bits per heavy atom. The van der Waals surface area contributed by atoms with Crippen LogP contribution in [0.15, 0.2) is 24.3 Å². The highest BCUT2D eigenvalue weighted by Gasteiger charge is 2.52. The third-order valence-corrected chi connectivity index (χ3v) is 7.16. The Labute approximate surface area is 131 Å². The maximum Gasteiger partial charge on any atom is 0.156 e. The van der Waals surface area contributed by atoms with Crippen LogP contribution in [0.5, 0.6) is 0 Å². The molecule has 4 nitrogen and oxygen atoms in total. The fourth-order valence-corrected chi connectivity index (χ4v) is 6.39. The van der Waals surface area contributed by atoms with Crippen LogP contribution >= 0.6 is 11.6 Å². The van der Waals surface area contributed by atoms with Gasteiger partial charge in [-0.05, 0) is 31.8 Å². The number of sulfone groups is 1. The van der Waals surface area contributed by atoms with Crippen LogP contribution in [-0.2, 0) is 16.4 Å². The van der Waals surface area contributed by atoms with Crippen LogP contribution in [0.25, 0.3) is 0 Å². The van der Waals surface area contributed by atoms with Gasteiger partial charge < -0.3 is 4.90 Å². The monoisotopic (exact) mass is 328 g/mol. The molecule has 0 N–H and O–H groups in total. The number of hydrogen-bond donors (Lipinski definition) is 0. The van der Waals surface area contributed by atoms with Gasteiger partial charge in [0.2, 0.25) is 0 Å². The summed E-state index contributed by atoms with van der Waals surface area (Å²) in [4.78, 5) is 4.30. The maximum atomic E-state index is 12.3. The van der Waals surface area contributed by atoms with Crippen molar-refractivity contribution in [1.29, 1.82) is 0 Å². The number of halogens is 1. The van der Waals surface area contributed by atoms with Crippen molar-refractivity contribution in [2.45, 2.75) is 17.8 Å². The van der Waals surface area contributed by atoms with Gasteiger partial charge in [0.15, 0.2) is 9.84 Å². The summed E-state index contributed by atoms with van der Waals surface area (Å²) in [5.41, 5.74) is 1.14. The third-order valence-electron chi connectivity index (χ3n) is 4.70. The van der Waals surface area contributed by atoms with Crippen molar-refractivity contribution in [1.82, 2.24) is 9.80 Å². The molecule has 2 aliphatic heterocycles. The first-order valence-corrected chi connectivity index (χ1v) is 9.31. The first-order chi connectivity index (χ1) is 9.87. The topological polar surface area (TPSA) is 40.6 Å². The number of fused-ring (bicyclic) bond motifs is 1. The van der Waals surface area contributed by atoms with Crippen LogP contribution in [0.1, 0.15) is 5.56 Å². The summed E-state index contributed by atoms with van der Waals surface area (Å²) in [5.74, 6) is 0.532. The zero-order valence-corrected chi connectivity index (χ0v) is 13.9. The first kappa shape index (κ1) is 15.3. The maximum absolute atomic E-state index is 12.3. The molecule has 0 unspecified atom stereocenters. The molecular formula is C15H21ClN2O2S. The van der Waals surface area contributed by atoms with E-state index in [1.807, 2.05) is 38.4 Å². The van der Waals surface area contributed by atoms with Crippen LogP contribution in [-0.4, -0.2) is 62.4 Å². The SMILES string of the molecule is CN(C)[C@@H]1CS(=O)(=O)[C@H]2CN(Cc3cccc(Cl)c3)C[C@@H]12. The van der Waals surface area contributed by atoms with E-state index in [0.29, 0.717) is 12.3 Å². The molecule has 0 aliphatic carbocycles. The lowest BCUT2D eigenvalue weighted by Crippen LogP contribution is -2.37. The van der Waals surface area contributed by atoms with E-state index in [1.165, 1.54) is 0 Å². The molecule has 1 aromatic rings. The van der Waals surface area contributed by atoms with Crippen LogP contribution < -0.4 is 0 Å². The Morgan fingerprint density at radius 3 is 2.76 bits per heavy atom. The second-order valence-corrected chi connectivity index (χ2v) is 9.09. The van der Waals surface area contributed by atoms with E-state index in [-0.39, 0.29) is 17.2 Å². The Balaban J connectivity index is 1.75. The largest absolute Gasteiger partial charge is 0.305 e. The van der Waals surface area contributed by atoms with Gasteiger partial charge in [0.1, 0.15) is 0 Å². The van der Waals surface area contributed by atoms with Gasteiger partial charge in [0.05, 0.1) is 11.0 Å². The van der Waals surface area contributed by atoms with Crippen molar-refractivity contribution in [2.24, 2.45) is 5.92 Å². The summed E-state index contributed by atoms with van der Waals surface area (Å²) in [6, 6.07) is 7.93. The van der Waals surface area contributed by atoms with E-state index in [9.17, 15) is 8.42 Å². The van der Waals surface area contributed by atoms with Gasteiger partial charge >= 0.3 is 0 Å². The molecule has 3 atom stereocenters. The number of likely N-dealkylation sites (tertiary alicyclic amines) is 1. The molecule has 21 heavy (non-hydrogen) atoms. The predicted octanol–water partition coefficient (Wildman–Crippen LogP) is 1.50. The summed E-state index contributed by atoms with van der Waals surface area (Å²) in [6.45, 7) is 2.26. The molecule has 2 aliphatic rings. The Hall–Kier alpha value is -0.620. The Morgan fingerprint density at radius 1 is 1.33 bits per heavy atom. The summed E-state index contributed by atoms with van der Waals surface area (Å²) >= 11 is 6.02. The fourth-order valence-electron chi connectivity index (χ4n) is 3.67. The van der Waals surface area contributed by atoms with Crippen molar-refractivity contribution < 1.29 is 8.42 Å². The molecule has 0 spiro atoms. The van der Waals surface area contributed by atoms with Crippen LogP contribution in [0.4, 0.5) is 0 Å². The van der Waals surface area contributed by atoms with Gasteiger partial charge in [-0.25, -0.2) is 8.42 Å². The van der Waals surface area contributed by atoms with E-state index in [1.54, 1.807) is 0 Å². The van der Waals surface area contributed by atoms with Crippen molar-refractivity contribution in [3.8, 4) is 0 Å². The van der Waals surface area contributed by atoms with Crippen LogP contribution in [0.3, 0.4) is 0 Å². The highest BCUT2D eigenvalue weighted by molar-refractivity contribution is 7.92. The molecule has 2 fully saturated rings. The number of hydrogen-bond acceptors (Lipinski definition) is 4. The second-order valence-electron chi connectivity index (χ2n) is 6.39. The average Bonchev–Trinajstić information content (AvgIpc) is 2.89. The number of nitrogens with zero attached hydrogens (tertiary/aromatic N) is 2. The Bertz CT molecular complexity index is 632. The van der Waals surface area contributed by atoms with Crippen molar-refractivity contribution in [2.75, 3.05) is 32.9 Å². The predicted molar refractivity (Wildman–Crippen MR) is 85.3 cm³/mol. The summed E-state index contributed by atoms with van der Waals surface area (Å²) in [6.07, 6.45) is 0. The normalized spacial score (nSPS) is 31.7. The standard InChI is InChI=1S/C15H21ClN2O2S/c1-17(2)14-10-21(19,20)15-9-18(8-13(14)15)7-11-4-3-5-12(16)6-11/h3-6,13-15H,7-10H2,1-2H3/t13-,14+,15-/m0/s1. The van der Waals surface area contributed by atoms with Gasteiger partial charge in [-0.3, -0.25) is 4.90 Å². The van der Waals surface area contributed by atoms with Gasteiger partial charge in [0, 0.05) is 36.6 Å². The van der Waals surface area contributed by atoms with Crippen molar-refractivity contribution >= 4 is 21.4 Å². The van der Waals surface area contributed by atoms with E-state index in [4.69, 9.17) is 11.6 Å². The Kier molecular flexibility index (Phi) is 4.03. The molecule has 0 saturated carbocycles. The molecule has 6 heteroatoms. The van der Waals surface area contributed by atoms with Gasteiger partial charge in [0.25, 0.3) is 0 Å².